The van der Waals surface area contributed by atoms with Gasteiger partial charge in [0.05, 0.1) is 17.7 Å². The highest BCUT2D eigenvalue weighted by Gasteiger charge is 2.40. The molecule has 0 spiro atoms. The first kappa shape index (κ1) is 15.2. The lowest BCUT2D eigenvalue weighted by Gasteiger charge is -2.40. The molecule has 0 radical (unpaired) electrons. The molecule has 0 aromatic carbocycles. The highest BCUT2D eigenvalue weighted by molar-refractivity contribution is 5.68. The molecular weight excluding hydrogens is 234 g/mol. The van der Waals surface area contributed by atoms with Crippen LogP contribution in [0.25, 0.3) is 0 Å². The van der Waals surface area contributed by atoms with Crippen molar-refractivity contribution in [3.8, 4) is 0 Å². The van der Waals surface area contributed by atoms with Crippen LogP contribution in [0.15, 0.2) is 0 Å². The number of carbonyl (C=O) groups excluding carboxylic acids is 1. The zero-order valence-electron chi connectivity index (χ0n) is 11.9. The molecule has 0 aliphatic heterocycles. The Hall–Kier alpha value is -0.810. The molecule has 0 aromatic rings. The van der Waals surface area contributed by atoms with E-state index >= 15 is 0 Å². The molecule has 1 aliphatic carbocycles. The molecule has 1 fully saturated rings. The third-order valence-electron chi connectivity index (χ3n) is 3.25. The SMILES string of the molecule is CO[C@H]1CC[C@@](C)(O)[C@H](NC(=O)OC(C)(C)C)C1. The van der Waals surface area contributed by atoms with Gasteiger partial charge >= 0.3 is 6.09 Å². The monoisotopic (exact) mass is 259 g/mol. The van der Waals surface area contributed by atoms with Gasteiger partial charge < -0.3 is 19.9 Å². The molecule has 0 aromatic heterocycles. The third-order valence-corrected chi connectivity index (χ3v) is 3.25. The molecule has 3 atom stereocenters. The molecule has 5 nitrogen and oxygen atoms in total. The van der Waals surface area contributed by atoms with Crippen molar-refractivity contribution in [1.82, 2.24) is 5.32 Å². The maximum Gasteiger partial charge on any atom is 0.407 e. The summed E-state index contributed by atoms with van der Waals surface area (Å²) in [7, 11) is 1.65. The van der Waals surface area contributed by atoms with E-state index in [9.17, 15) is 9.90 Å². The zero-order valence-corrected chi connectivity index (χ0v) is 11.9. The summed E-state index contributed by atoms with van der Waals surface area (Å²) in [5.74, 6) is 0. The fraction of sp³-hybridized carbons (Fsp3) is 0.923. The minimum atomic E-state index is -0.911. The Morgan fingerprint density at radius 3 is 2.56 bits per heavy atom. The summed E-state index contributed by atoms with van der Waals surface area (Å²) in [6, 6.07) is -0.342. The van der Waals surface area contributed by atoms with Crippen molar-refractivity contribution in [2.24, 2.45) is 0 Å². The zero-order chi connectivity index (χ0) is 14.0. The second-order valence-electron chi connectivity index (χ2n) is 6.19. The Balaban J connectivity index is 2.59. The maximum absolute atomic E-state index is 11.7. The number of ether oxygens (including phenoxy) is 2. The molecule has 5 heteroatoms. The number of rotatable bonds is 2. The summed E-state index contributed by atoms with van der Waals surface area (Å²) in [6.07, 6.45) is 1.58. The van der Waals surface area contributed by atoms with E-state index in [0.29, 0.717) is 12.8 Å². The van der Waals surface area contributed by atoms with E-state index in [4.69, 9.17) is 9.47 Å². The minimum absolute atomic E-state index is 0.0742. The van der Waals surface area contributed by atoms with Gasteiger partial charge in [-0.05, 0) is 47.0 Å². The van der Waals surface area contributed by atoms with Crippen LogP contribution < -0.4 is 5.32 Å². The van der Waals surface area contributed by atoms with Gasteiger partial charge in [-0.2, -0.15) is 0 Å². The van der Waals surface area contributed by atoms with Gasteiger partial charge in [0.1, 0.15) is 5.60 Å². The van der Waals surface area contributed by atoms with Crippen LogP contribution in [0.5, 0.6) is 0 Å². The Labute approximate surface area is 109 Å². The van der Waals surface area contributed by atoms with Crippen molar-refractivity contribution in [3.63, 3.8) is 0 Å². The van der Waals surface area contributed by atoms with Gasteiger partial charge in [-0.25, -0.2) is 4.79 Å². The molecule has 1 rings (SSSR count). The number of nitrogens with one attached hydrogen (secondary N) is 1. The van der Waals surface area contributed by atoms with Crippen molar-refractivity contribution in [2.75, 3.05) is 7.11 Å². The Kier molecular flexibility index (Phi) is 4.61. The fourth-order valence-corrected chi connectivity index (χ4v) is 2.14. The molecule has 0 saturated heterocycles. The van der Waals surface area contributed by atoms with Crippen molar-refractivity contribution in [1.29, 1.82) is 0 Å². The summed E-state index contributed by atoms with van der Waals surface area (Å²) in [5, 5.41) is 13.0. The highest BCUT2D eigenvalue weighted by Crippen LogP contribution is 2.29. The average Bonchev–Trinajstić information content (AvgIpc) is 2.18. The van der Waals surface area contributed by atoms with E-state index < -0.39 is 17.3 Å². The third kappa shape index (κ3) is 4.46. The van der Waals surface area contributed by atoms with Crippen LogP contribution in [0.4, 0.5) is 4.79 Å². The first-order valence-electron chi connectivity index (χ1n) is 6.39. The van der Waals surface area contributed by atoms with Crippen LogP contribution in [0.3, 0.4) is 0 Å². The lowest BCUT2D eigenvalue weighted by molar-refractivity contribution is -0.0588. The molecular formula is C13H25NO4. The lowest BCUT2D eigenvalue weighted by Crippen LogP contribution is -2.56. The van der Waals surface area contributed by atoms with Crippen molar-refractivity contribution >= 4 is 6.09 Å². The number of carbonyl (C=O) groups is 1. The van der Waals surface area contributed by atoms with Gasteiger partial charge in [0.15, 0.2) is 0 Å². The first-order valence-corrected chi connectivity index (χ1v) is 6.39. The van der Waals surface area contributed by atoms with Crippen LogP contribution in [-0.4, -0.2) is 41.7 Å². The largest absolute Gasteiger partial charge is 0.444 e. The Bertz CT molecular complexity index is 296. The topological polar surface area (TPSA) is 67.8 Å². The van der Waals surface area contributed by atoms with Crippen molar-refractivity contribution in [3.05, 3.63) is 0 Å². The quantitative estimate of drug-likeness (QED) is 0.794. The van der Waals surface area contributed by atoms with Gasteiger partial charge in [-0.1, -0.05) is 0 Å². The van der Waals surface area contributed by atoms with Crippen LogP contribution in [0, 0.1) is 0 Å². The number of methoxy groups -OCH3 is 1. The summed E-state index contributed by atoms with van der Waals surface area (Å²) in [6.45, 7) is 7.16. The number of hydrogen-bond acceptors (Lipinski definition) is 4. The number of hydrogen-bond donors (Lipinski definition) is 2. The number of aliphatic hydroxyl groups is 1. The predicted molar refractivity (Wildman–Crippen MR) is 68.4 cm³/mol. The standard InChI is InChI=1S/C13H25NO4/c1-12(2,3)18-11(15)14-10-8-9(17-5)6-7-13(10,4)16/h9-10,16H,6-8H2,1-5H3,(H,14,15)/t9-,10+,13+/m0/s1. The van der Waals surface area contributed by atoms with E-state index in [-0.39, 0.29) is 12.1 Å². The van der Waals surface area contributed by atoms with E-state index in [0.717, 1.165) is 6.42 Å². The smallest absolute Gasteiger partial charge is 0.407 e. The molecule has 106 valence electrons. The van der Waals surface area contributed by atoms with Crippen molar-refractivity contribution in [2.45, 2.75) is 70.3 Å². The van der Waals surface area contributed by atoms with E-state index in [1.807, 2.05) is 20.8 Å². The molecule has 0 heterocycles. The van der Waals surface area contributed by atoms with Gasteiger partial charge in [0, 0.05) is 7.11 Å². The number of amides is 1. The molecule has 1 aliphatic rings. The second kappa shape index (κ2) is 5.45. The minimum Gasteiger partial charge on any atom is -0.444 e. The lowest BCUT2D eigenvalue weighted by atomic mass is 9.80. The van der Waals surface area contributed by atoms with E-state index in [2.05, 4.69) is 5.32 Å². The normalized spacial score (nSPS) is 33.0. The molecule has 18 heavy (non-hydrogen) atoms. The van der Waals surface area contributed by atoms with Gasteiger partial charge in [0.25, 0.3) is 0 Å². The predicted octanol–water partition coefficient (Wildman–Crippen LogP) is 1.83. The molecule has 0 bridgehead atoms. The number of alkyl carbamates (subject to hydrolysis) is 1. The molecule has 1 saturated carbocycles. The Morgan fingerprint density at radius 1 is 1.44 bits per heavy atom. The summed E-state index contributed by atoms with van der Waals surface area (Å²) in [5.41, 5.74) is -1.45. The van der Waals surface area contributed by atoms with Crippen LogP contribution in [0.2, 0.25) is 0 Å². The van der Waals surface area contributed by atoms with Crippen LogP contribution >= 0.6 is 0 Å². The highest BCUT2D eigenvalue weighted by atomic mass is 16.6. The van der Waals surface area contributed by atoms with Gasteiger partial charge in [-0.3, -0.25) is 0 Å². The van der Waals surface area contributed by atoms with Crippen LogP contribution in [-0.2, 0) is 9.47 Å². The maximum atomic E-state index is 11.7. The summed E-state index contributed by atoms with van der Waals surface area (Å²) < 4.78 is 10.5. The van der Waals surface area contributed by atoms with E-state index in [1.54, 1.807) is 14.0 Å². The fourth-order valence-electron chi connectivity index (χ4n) is 2.14. The summed E-state index contributed by atoms with van der Waals surface area (Å²) in [4.78, 5) is 11.7. The van der Waals surface area contributed by atoms with Crippen molar-refractivity contribution < 1.29 is 19.4 Å². The Morgan fingerprint density at radius 2 is 2.06 bits per heavy atom. The second-order valence-corrected chi connectivity index (χ2v) is 6.19. The van der Waals surface area contributed by atoms with Gasteiger partial charge in [-0.15, -0.1) is 0 Å². The van der Waals surface area contributed by atoms with Gasteiger partial charge in [0.2, 0.25) is 0 Å². The molecule has 2 N–H and O–H groups in total. The van der Waals surface area contributed by atoms with Crippen LogP contribution in [0.1, 0.15) is 47.0 Å². The molecule has 1 amide bonds. The van der Waals surface area contributed by atoms with E-state index in [1.165, 1.54) is 0 Å². The molecule has 0 unspecified atom stereocenters. The average molecular weight is 259 g/mol. The summed E-state index contributed by atoms with van der Waals surface area (Å²) >= 11 is 0. The first-order chi connectivity index (χ1) is 8.14.